The maximum absolute atomic E-state index is 12.2. The second-order valence-corrected chi connectivity index (χ2v) is 7.92. The number of nitrogens with zero attached hydrogens (tertiary/aromatic N) is 4. The molecule has 0 atom stereocenters. The largest absolute Gasteiger partial charge is 0.461 e. The van der Waals surface area contributed by atoms with E-state index in [0.717, 1.165) is 17.7 Å². The van der Waals surface area contributed by atoms with Crippen LogP contribution in [0.3, 0.4) is 0 Å². The van der Waals surface area contributed by atoms with Crippen molar-refractivity contribution in [2.75, 3.05) is 20.3 Å². The summed E-state index contributed by atoms with van der Waals surface area (Å²) in [5.41, 5.74) is 2.29. The van der Waals surface area contributed by atoms with E-state index in [1.165, 1.54) is 18.0 Å². The lowest BCUT2D eigenvalue weighted by Crippen LogP contribution is -2.25. The van der Waals surface area contributed by atoms with Crippen LogP contribution < -0.4 is 5.32 Å². The molecule has 1 amide bonds. The highest BCUT2D eigenvalue weighted by Gasteiger charge is 2.19. The Bertz CT molecular complexity index is 1170. The van der Waals surface area contributed by atoms with E-state index in [1.807, 2.05) is 41.8 Å². The van der Waals surface area contributed by atoms with Gasteiger partial charge in [-0.25, -0.2) is 4.98 Å². The number of rotatable bonds is 10. The van der Waals surface area contributed by atoms with Crippen LogP contribution in [0.2, 0.25) is 0 Å². The fourth-order valence-electron chi connectivity index (χ4n) is 3.05. The Morgan fingerprint density at radius 2 is 2.12 bits per heavy atom. The normalized spacial score (nSPS) is 11.1. The van der Waals surface area contributed by atoms with Gasteiger partial charge in [0.2, 0.25) is 11.7 Å². The predicted molar refractivity (Wildman–Crippen MR) is 119 cm³/mol. The number of aromatic nitrogens is 4. The summed E-state index contributed by atoms with van der Waals surface area (Å²) in [4.78, 5) is 16.5. The molecule has 0 aliphatic rings. The van der Waals surface area contributed by atoms with Crippen molar-refractivity contribution in [3.63, 3.8) is 0 Å². The Kier molecular flexibility index (Phi) is 7.03. The van der Waals surface area contributed by atoms with Crippen molar-refractivity contribution < 1.29 is 18.4 Å². The summed E-state index contributed by atoms with van der Waals surface area (Å²) in [5, 5.41) is 12.1. The van der Waals surface area contributed by atoms with Crippen molar-refractivity contribution in [2.24, 2.45) is 0 Å². The van der Waals surface area contributed by atoms with Crippen molar-refractivity contribution in [1.29, 1.82) is 0 Å². The quantitative estimate of drug-likeness (QED) is 0.285. The van der Waals surface area contributed by atoms with E-state index in [-0.39, 0.29) is 11.6 Å². The Balaban J connectivity index is 1.50. The first-order chi connectivity index (χ1) is 15.7. The van der Waals surface area contributed by atoms with Gasteiger partial charge in [0.1, 0.15) is 6.26 Å². The molecule has 3 heterocycles. The van der Waals surface area contributed by atoms with Crippen LogP contribution in [0.5, 0.6) is 0 Å². The van der Waals surface area contributed by atoms with Gasteiger partial charge in [0.25, 0.3) is 5.91 Å². The second kappa shape index (κ2) is 10.3. The number of oxazole rings is 1. The first kappa shape index (κ1) is 21.8. The van der Waals surface area contributed by atoms with Gasteiger partial charge in [-0.1, -0.05) is 23.9 Å². The number of nitrogens with one attached hydrogen (secondary N) is 1. The molecule has 1 N–H and O–H groups in total. The Morgan fingerprint density at radius 3 is 2.91 bits per heavy atom. The molecule has 0 radical (unpaired) electrons. The molecule has 32 heavy (non-hydrogen) atoms. The first-order valence-electron chi connectivity index (χ1n) is 10.1. The van der Waals surface area contributed by atoms with E-state index in [1.54, 1.807) is 13.4 Å². The predicted octanol–water partition coefficient (Wildman–Crippen LogP) is 3.88. The number of aryl methyl sites for hydroxylation is 1. The van der Waals surface area contributed by atoms with Gasteiger partial charge in [-0.3, -0.25) is 9.36 Å². The van der Waals surface area contributed by atoms with Crippen LogP contribution in [0.1, 0.15) is 28.4 Å². The zero-order valence-corrected chi connectivity index (χ0v) is 18.6. The van der Waals surface area contributed by atoms with Crippen molar-refractivity contribution in [3.05, 3.63) is 66.1 Å². The molecular weight excluding hydrogens is 430 g/mol. The number of hydrogen-bond acceptors (Lipinski definition) is 8. The fourth-order valence-corrected chi connectivity index (χ4v) is 3.85. The number of ether oxygens (including phenoxy) is 1. The summed E-state index contributed by atoms with van der Waals surface area (Å²) < 4.78 is 17.9. The highest BCUT2D eigenvalue weighted by molar-refractivity contribution is 7.98. The van der Waals surface area contributed by atoms with Gasteiger partial charge in [0, 0.05) is 20.3 Å². The Hall–Kier alpha value is -3.37. The molecule has 1 aromatic carbocycles. The molecule has 0 aliphatic carbocycles. The maximum atomic E-state index is 12.2. The third kappa shape index (κ3) is 5.09. The summed E-state index contributed by atoms with van der Waals surface area (Å²) in [6.45, 7) is 3.13. The highest BCUT2D eigenvalue weighted by Crippen LogP contribution is 2.30. The molecule has 0 saturated carbocycles. The van der Waals surface area contributed by atoms with Crippen LogP contribution in [0.4, 0.5) is 0 Å². The number of furan rings is 1. The average molecular weight is 454 g/mol. The van der Waals surface area contributed by atoms with Crippen LogP contribution in [-0.4, -0.2) is 45.9 Å². The summed E-state index contributed by atoms with van der Waals surface area (Å²) in [6, 6.07) is 11.7. The Labute approximate surface area is 189 Å². The van der Waals surface area contributed by atoms with Crippen molar-refractivity contribution in [2.45, 2.75) is 24.3 Å². The molecule has 9 nitrogen and oxygen atoms in total. The van der Waals surface area contributed by atoms with Gasteiger partial charge < -0.3 is 18.9 Å². The summed E-state index contributed by atoms with van der Waals surface area (Å²) in [7, 11) is 1.63. The smallest absolute Gasteiger partial charge is 0.273 e. The molecule has 0 unspecified atom stereocenters. The highest BCUT2D eigenvalue weighted by atomic mass is 32.2. The number of amides is 1. The number of carbonyl (C=O) groups excluding carboxylic acids is 1. The minimum atomic E-state index is -0.274. The lowest BCUT2D eigenvalue weighted by molar-refractivity contribution is 0.0943. The van der Waals surface area contributed by atoms with Gasteiger partial charge in [-0.15, -0.1) is 10.2 Å². The first-order valence-corrected chi connectivity index (χ1v) is 11.0. The van der Waals surface area contributed by atoms with Crippen molar-refractivity contribution in [3.8, 4) is 17.3 Å². The zero-order valence-electron chi connectivity index (χ0n) is 17.8. The maximum Gasteiger partial charge on any atom is 0.273 e. The summed E-state index contributed by atoms with van der Waals surface area (Å²) >= 11 is 1.41. The van der Waals surface area contributed by atoms with Gasteiger partial charge in [-0.05, 0) is 43.2 Å². The van der Waals surface area contributed by atoms with E-state index < -0.39 is 0 Å². The molecule has 166 valence electrons. The molecule has 0 aliphatic heterocycles. The zero-order chi connectivity index (χ0) is 22.3. The molecule has 0 saturated heterocycles. The molecule has 10 heteroatoms. The lowest BCUT2D eigenvalue weighted by Gasteiger charge is -2.09. The topological polar surface area (TPSA) is 108 Å². The van der Waals surface area contributed by atoms with E-state index in [9.17, 15) is 4.79 Å². The number of benzene rings is 1. The molecular formula is C22H23N5O4S. The number of methoxy groups -OCH3 is 1. The van der Waals surface area contributed by atoms with E-state index in [0.29, 0.717) is 41.5 Å². The average Bonchev–Trinajstić information content (AvgIpc) is 3.55. The van der Waals surface area contributed by atoms with Gasteiger partial charge in [0.05, 0.1) is 17.7 Å². The standard InChI is InChI=1S/C22H23N5O4S/c1-15-6-3-7-16(12-15)27-20(18-8-4-11-30-18)25-26-22(27)32-14-19-24-17(13-31-19)21(28)23-9-5-10-29-2/h3-4,6-8,11-13H,5,9-10,14H2,1-2H3,(H,23,28). The minimum absolute atomic E-state index is 0.245. The molecule has 4 rings (SSSR count). The molecule has 4 aromatic rings. The number of thioether (sulfide) groups is 1. The fraction of sp³-hybridized carbons (Fsp3) is 0.273. The summed E-state index contributed by atoms with van der Waals surface area (Å²) in [6.07, 6.45) is 3.70. The number of carbonyl (C=O) groups is 1. The van der Waals surface area contributed by atoms with E-state index in [4.69, 9.17) is 13.6 Å². The van der Waals surface area contributed by atoms with Crippen LogP contribution in [0.25, 0.3) is 17.3 Å². The van der Waals surface area contributed by atoms with Gasteiger partial charge in [0.15, 0.2) is 16.6 Å². The van der Waals surface area contributed by atoms with Crippen LogP contribution in [0, 0.1) is 6.92 Å². The third-order valence-corrected chi connectivity index (χ3v) is 5.47. The third-order valence-electron chi connectivity index (χ3n) is 4.55. The minimum Gasteiger partial charge on any atom is -0.461 e. The van der Waals surface area contributed by atoms with Gasteiger partial charge >= 0.3 is 0 Å². The van der Waals surface area contributed by atoms with Crippen LogP contribution in [-0.2, 0) is 10.5 Å². The second-order valence-electron chi connectivity index (χ2n) is 6.98. The van der Waals surface area contributed by atoms with E-state index >= 15 is 0 Å². The van der Waals surface area contributed by atoms with Crippen LogP contribution in [0.15, 0.2) is 62.9 Å². The molecule has 3 aromatic heterocycles. The van der Waals surface area contributed by atoms with Crippen molar-refractivity contribution in [1.82, 2.24) is 25.1 Å². The molecule has 0 fully saturated rings. The number of hydrogen-bond donors (Lipinski definition) is 1. The monoisotopic (exact) mass is 453 g/mol. The van der Waals surface area contributed by atoms with Gasteiger partial charge in [-0.2, -0.15) is 0 Å². The Morgan fingerprint density at radius 1 is 1.22 bits per heavy atom. The van der Waals surface area contributed by atoms with Crippen LogP contribution >= 0.6 is 11.8 Å². The summed E-state index contributed by atoms with van der Waals surface area (Å²) in [5.74, 6) is 1.76. The lowest BCUT2D eigenvalue weighted by atomic mass is 10.2. The van der Waals surface area contributed by atoms with E-state index in [2.05, 4.69) is 26.6 Å². The van der Waals surface area contributed by atoms with Crippen molar-refractivity contribution >= 4 is 17.7 Å². The molecule has 0 spiro atoms. The SMILES string of the molecule is COCCCNC(=O)c1coc(CSc2nnc(-c3ccco3)n2-c2cccc(C)c2)n1. The molecule has 0 bridgehead atoms.